The summed E-state index contributed by atoms with van der Waals surface area (Å²) in [4.78, 5) is 37.5. The molecule has 1 heterocycles. The largest absolute Gasteiger partial charge is 0.442 e. The second-order valence-electron chi connectivity index (χ2n) is 7.74. The lowest BCUT2D eigenvalue weighted by molar-refractivity contribution is -0.146. The first kappa shape index (κ1) is 22.1. The Morgan fingerprint density at radius 3 is 2.35 bits per heavy atom. The Morgan fingerprint density at radius 2 is 1.88 bits per heavy atom. The van der Waals surface area contributed by atoms with Gasteiger partial charge in [0, 0.05) is 0 Å². The summed E-state index contributed by atoms with van der Waals surface area (Å²) in [5.74, 6) is -0.425. The number of carbonyl (C=O) groups is 2. The van der Waals surface area contributed by atoms with E-state index in [0.717, 1.165) is 12.8 Å². The van der Waals surface area contributed by atoms with E-state index in [4.69, 9.17) is 9.47 Å². The smallest absolute Gasteiger partial charge is 0.434 e. The summed E-state index contributed by atoms with van der Waals surface area (Å²) in [6, 6.07) is -0.250. The number of hydrogen-bond acceptors (Lipinski definition) is 6. The number of carbonyl (C=O) groups excluding carboxylic acids is 2. The predicted molar refractivity (Wildman–Crippen MR) is 98.1 cm³/mol. The highest BCUT2D eigenvalue weighted by atomic mass is 16.6. The van der Waals surface area contributed by atoms with Gasteiger partial charge in [0.1, 0.15) is 17.9 Å². The molecule has 0 aromatic rings. The van der Waals surface area contributed by atoms with Crippen LogP contribution in [0.1, 0.15) is 61.3 Å². The van der Waals surface area contributed by atoms with E-state index in [2.05, 4.69) is 19.1 Å². The molecule has 0 spiro atoms. The van der Waals surface area contributed by atoms with Crippen LogP contribution in [0.2, 0.25) is 0 Å². The molecule has 0 N–H and O–H groups in total. The van der Waals surface area contributed by atoms with Gasteiger partial charge in [0.15, 0.2) is 0 Å². The quantitative estimate of drug-likeness (QED) is 0.405. The average molecular weight is 369 g/mol. The Labute approximate surface area is 155 Å². The third kappa shape index (κ3) is 5.79. The molecular weight excluding hydrogens is 338 g/mol. The normalized spacial score (nSPS) is 19.0. The lowest BCUT2D eigenvalue weighted by atomic mass is 10.1. The molecule has 8 nitrogen and oxygen atoms in total. The first-order valence-corrected chi connectivity index (χ1v) is 8.94. The molecule has 1 aliphatic heterocycles. The summed E-state index contributed by atoms with van der Waals surface area (Å²) in [5, 5.41) is 3.16. The number of nitrogens with zero attached hydrogens (tertiary/aromatic N) is 3. The summed E-state index contributed by atoms with van der Waals surface area (Å²) in [6.45, 7) is 12.6. The second-order valence-corrected chi connectivity index (χ2v) is 7.74. The van der Waals surface area contributed by atoms with Crippen LogP contribution in [-0.4, -0.2) is 52.4 Å². The van der Waals surface area contributed by atoms with Crippen molar-refractivity contribution in [2.75, 3.05) is 13.2 Å². The van der Waals surface area contributed by atoms with Crippen LogP contribution >= 0.6 is 0 Å². The van der Waals surface area contributed by atoms with Crippen LogP contribution in [0.4, 0.5) is 4.79 Å². The molecule has 0 bridgehead atoms. The molecule has 0 aliphatic carbocycles. The SMILES string of the molecule is CCC(=C[C@H]1COC(C)(C)N1C(=O)CN(N=O)C(=O)OC(C)(C)C)CC. The van der Waals surface area contributed by atoms with Crippen LogP contribution in [-0.2, 0) is 14.3 Å². The molecule has 0 saturated carbocycles. The van der Waals surface area contributed by atoms with Gasteiger partial charge < -0.3 is 14.4 Å². The first-order valence-electron chi connectivity index (χ1n) is 8.94. The molecule has 0 radical (unpaired) electrons. The van der Waals surface area contributed by atoms with Gasteiger partial charge in [-0.25, -0.2) is 4.79 Å². The number of nitroso groups, excluding NO2 is 1. The summed E-state index contributed by atoms with van der Waals surface area (Å²) >= 11 is 0. The molecule has 0 unspecified atom stereocenters. The van der Waals surface area contributed by atoms with Gasteiger partial charge in [-0.2, -0.15) is 5.01 Å². The number of hydrogen-bond donors (Lipinski definition) is 0. The van der Waals surface area contributed by atoms with Crippen LogP contribution in [0.25, 0.3) is 0 Å². The molecule has 26 heavy (non-hydrogen) atoms. The third-order valence-corrected chi connectivity index (χ3v) is 4.11. The van der Waals surface area contributed by atoms with E-state index in [-0.39, 0.29) is 6.04 Å². The lowest BCUT2D eigenvalue weighted by Gasteiger charge is -2.34. The maximum absolute atomic E-state index is 12.8. The maximum Gasteiger partial charge on any atom is 0.434 e. The molecule has 148 valence electrons. The number of allylic oxidation sites excluding steroid dienone is 1. The molecule has 1 atom stereocenters. The molecule has 1 fully saturated rings. The average Bonchev–Trinajstić information content (AvgIpc) is 2.82. The summed E-state index contributed by atoms with van der Waals surface area (Å²) in [6.07, 6.45) is 2.84. The van der Waals surface area contributed by atoms with Crippen molar-refractivity contribution in [1.82, 2.24) is 9.91 Å². The Morgan fingerprint density at radius 1 is 1.31 bits per heavy atom. The van der Waals surface area contributed by atoms with Crippen molar-refractivity contribution in [2.24, 2.45) is 5.29 Å². The van der Waals surface area contributed by atoms with Crippen molar-refractivity contribution in [1.29, 1.82) is 0 Å². The van der Waals surface area contributed by atoms with E-state index < -0.39 is 29.9 Å². The van der Waals surface area contributed by atoms with Crippen LogP contribution in [0.3, 0.4) is 0 Å². The Hall–Kier alpha value is -1.96. The van der Waals surface area contributed by atoms with E-state index in [1.54, 1.807) is 39.5 Å². The highest BCUT2D eigenvalue weighted by Gasteiger charge is 2.43. The summed E-state index contributed by atoms with van der Waals surface area (Å²) < 4.78 is 10.9. The van der Waals surface area contributed by atoms with Crippen LogP contribution in [0.5, 0.6) is 0 Å². The minimum Gasteiger partial charge on any atom is -0.442 e. The minimum atomic E-state index is -0.950. The monoisotopic (exact) mass is 369 g/mol. The molecule has 1 rings (SSSR count). The standard InChI is InChI=1S/C18H31N3O5/c1-8-13(9-2)10-14-12-25-18(6,7)21(14)15(22)11-20(19-24)16(23)26-17(3,4)5/h10,14H,8-9,11-12H2,1-7H3/t14-/m0/s1. The third-order valence-electron chi connectivity index (χ3n) is 4.11. The van der Waals surface area contributed by atoms with Crippen LogP contribution in [0, 0.1) is 4.91 Å². The van der Waals surface area contributed by atoms with Gasteiger partial charge in [0.2, 0.25) is 5.91 Å². The van der Waals surface area contributed by atoms with Crippen molar-refractivity contribution >= 4 is 12.0 Å². The van der Waals surface area contributed by atoms with Crippen LogP contribution < -0.4 is 0 Å². The van der Waals surface area contributed by atoms with E-state index in [9.17, 15) is 14.5 Å². The number of amides is 2. The van der Waals surface area contributed by atoms with Crippen molar-refractivity contribution in [3.8, 4) is 0 Å². The number of ether oxygens (including phenoxy) is 2. The zero-order valence-electron chi connectivity index (χ0n) is 16.9. The zero-order chi connectivity index (χ0) is 20.1. The molecule has 0 aromatic heterocycles. The topological polar surface area (TPSA) is 88.5 Å². The molecule has 8 heteroatoms. The molecule has 2 amide bonds. The zero-order valence-corrected chi connectivity index (χ0v) is 16.9. The van der Waals surface area contributed by atoms with Crippen LogP contribution in [0.15, 0.2) is 16.9 Å². The lowest BCUT2D eigenvalue weighted by Crippen LogP contribution is -2.51. The van der Waals surface area contributed by atoms with E-state index in [0.29, 0.717) is 11.6 Å². The fourth-order valence-corrected chi connectivity index (χ4v) is 2.84. The molecule has 0 aromatic carbocycles. The summed E-state index contributed by atoms with van der Waals surface area (Å²) in [5.41, 5.74) is -0.416. The van der Waals surface area contributed by atoms with Gasteiger partial charge >= 0.3 is 6.09 Å². The number of rotatable bonds is 6. The van der Waals surface area contributed by atoms with Crippen molar-refractivity contribution in [3.63, 3.8) is 0 Å². The Bertz CT molecular complexity index is 560. The van der Waals surface area contributed by atoms with Gasteiger partial charge in [0.25, 0.3) is 0 Å². The van der Waals surface area contributed by atoms with Gasteiger partial charge in [-0.1, -0.05) is 25.5 Å². The van der Waals surface area contributed by atoms with Gasteiger partial charge in [-0.05, 0) is 47.5 Å². The minimum absolute atomic E-state index is 0.250. The van der Waals surface area contributed by atoms with Crippen molar-refractivity contribution in [3.05, 3.63) is 16.6 Å². The predicted octanol–water partition coefficient (Wildman–Crippen LogP) is 3.61. The fourth-order valence-electron chi connectivity index (χ4n) is 2.84. The second kappa shape index (κ2) is 8.62. The van der Waals surface area contributed by atoms with Gasteiger partial charge in [0.05, 0.1) is 17.9 Å². The highest BCUT2D eigenvalue weighted by Crippen LogP contribution is 2.29. The molecule has 1 aliphatic rings. The van der Waals surface area contributed by atoms with E-state index in [1.807, 2.05) is 6.08 Å². The molecule has 1 saturated heterocycles. The van der Waals surface area contributed by atoms with Crippen molar-refractivity contribution in [2.45, 2.75) is 78.7 Å². The van der Waals surface area contributed by atoms with Gasteiger partial charge in [-0.15, -0.1) is 4.91 Å². The summed E-state index contributed by atoms with van der Waals surface area (Å²) in [7, 11) is 0. The first-order chi connectivity index (χ1) is 11.9. The maximum atomic E-state index is 12.8. The van der Waals surface area contributed by atoms with Gasteiger partial charge in [-0.3, -0.25) is 4.79 Å². The molecular formula is C18H31N3O5. The van der Waals surface area contributed by atoms with Crippen molar-refractivity contribution < 1.29 is 19.1 Å². The van der Waals surface area contributed by atoms with E-state index in [1.165, 1.54) is 5.57 Å². The Kier molecular flexibility index (Phi) is 7.32. The van der Waals surface area contributed by atoms with E-state index >= 15 is 0 Å². The highest BCUT2D eigenvalue weighted by molar-refractivity contribution is 5.83. The Balaban J connectivity index is 2.97. The fraction of sp³-hybridized carbons (Fsp3) is 0.778.